The Bertz CT molecular complexity index is 1530. The maximum Gasteiger partial charge on any atom is 0.329 e. The fourth-order valence-corrected chi connectivity index (χ4v) is 9.82. The number of aliphatic carboxylic acids is 2. The van der Waals surface area contributed by atoms with Gasteiger partial charge in [0.15, 0.2) is 0 Å². The Morgan fingerprint density at radius 3 is 1.77 bits per heavy atom. The normalized spacial score (nSPS) is 14.4. The molecule has 369 valence electrons. The predicted octanol–water partition coefficient (Wildman–Crippen LogP) is 5.37. The number of hydrogen-bond acceptors (Lipinski definition) is 9. The number of carbonyl (C=O) groups excluding carboxylic acids is 5. The zero-order valence-corrected chi connectivity index (χ0v) is 42.9. The smallest absolute Gasteiger partial charge is 0.329 e. The second-order valence-electron chi connectivity index (χ2n) is 20.8. The van der Waals surface area contributed by atoms with Gasteiger partial charge in [0.05, 0.1) is 19.8 Å². The third kappa shape index (κ3) is 19.9. The van der Waals surface area contributed by atoms with Crippen LogP contribution in [0, 0.1) is 38.9 Å². The van der Waals surface area contributed by atoms with E-state index in [4.69, 9.17) is 9.47 Å². The summed E-state index contributed by atoms with van der Waals surface area (Å²) in [6.45, 7) is 28.2. The van der Waals surface area contributed by atoms with E-state index in [0.717, 1.165) is 6.42 Å². The lowest BCUT2D eigenvalue weighted by Crippen LogP contribution is -2.66. The molecule has 0 bridgehead atoms. The van der Waals surface area contributed by atoms with Crippen LogP contribution in [-0.2, 0) is 43.0 Å². The summed E-state index contributed by atoms with van der Waals surface area (Å²) in [6.07, 6.45) is 2.89. The Labute approximate surface area is 388 Å². The molecule has 0 aromatic rings. The monoisotopic (exact) mass is 925 g/mol. The van der Waals surface area contributed by atoms with Gasteiger partial charge in [-0.05, 0) is 54.8 Å². The lowest BCUT2D eigenvalue weighted by molar-refractivity contribution is -0.158. The van der Waals surface area contributed by atoms with Crippen molar-refractivity contribution in [2.75, 3.05) is 59.2 Å². The number of carbonyl (C=O) groups is 7. The highest BCUT2D eigenvalue weighted by molar-refractivity contribution is 6.09. The molecule has 0 saturated carbocycles. The van der Waals surface area contributed by atoms with Crippen LogP contribution in [0.5, 0.6) is 0 Å². The van der Waals surface area contributed by atoms with Gasteiger partial charge in [0.1, 0.15) is 5.54 Å². The first-order valence-corrected chi connectivity index (χ1v) is 23.8. The molecular weight excluding hydrogens is 839 g/mol. The molecule has 3 atom stereocenters. The molecule has 3 radical (unpaired) electrons. The largest absolute Gasteiger partial charge is 0.481 e. The first-order valence-electron chi connectivity index (χ1n) is 23.1. The van der Waals surface area contributed by atoms with E-state index in [-0.39, 0.29) is 74.7 Å². The van der Waals surface area contributed by atoms with Crippen LogP contribution in [0.25, 0.3) is 0 Å². The van der Waals surface area contributed by atoms with Crippen LogP contribution in [0.2, 0.25) is 6.04 Å². The molecule has 6 N–H and O–H groups in total. The molecule has 16 nitrogen and oxygen atoms in total. The van der Waals surface area contributed by atoms with Crippen molar-refractivity contribution in [2.45, 2.75) is 160 Å². The van der Waals surface area contributed by atoms with Crippen LogP contribution in [0.15, 0.2) is 0 Å². The number of nitrogens with one attached hydrogen (secondary N) is 4. The number of amides is 5. The van der Waals surface area contributed by atoms with Crippen molar-refractivity contribution in [3.63, 3.8) is 0 Å². The lowest BCUT2D eigenvalue weighted by Gasteiger charge is -2.50. The molecule has 0 fully saturated rings. The molecule has 3 unspecified atom stereocenters. The fraction of sp³-hybridized carbons (Fsp3) is 0.851. The van der Waals surface area contributed by atoms with Gasteiger partial charge in [-0.3, -0.25) is 28.8 Å². The van der Waals surface area contributed by atoms with E-state index in [1.54, 1.807) is 25.7 Å². The van der Waals surface area contributed by atoms with Crippen LogP contribution in [0.4, 0.5) is 0 Å². The summed E-state index contributed by atoms with van der Waals surface area (Å²) in [5.74, 6) is -3.73. The van der Waals surface area contributed by atoms with Crippen molar-refractivity contribution in [2.24, 2.45) is 38.9 Å². The van der Waals surface area contributed by atoms with Crippen LogP contribution >= 0.6 is 0 Å². The topological polar surface area (TPSA) is 230 Å². The van der Waals surface area contributed by atoms with Gasteiger partial charge >= 0.3 is 11.9 Å². The number of ether oxygens (including phenoxy) is 2. The van der Waals surface area contributed by atoms with E-state index >= 15 is 0 Å². The second kappa shape index (κ2) is 27.2. The summed E-state index contributed by atoms with van der Waals surface area (Å²) in [7, 11) is 3.49. The average Bonchev–Trinajstić information content (AvgIpc) is 3.14. The highest BCUT2D eigenvalue weighted by atomic mass is 28.1. The van der Waals surface area contributed by atoms with Gasteiger partial charge in [-0.15, -0.1) is 0 Å². The van der Waals surface area contributed by atoms with Crippen molar-refractivity contribution in [1.82, 2.24) is 26.2 Å². The molecule has 0 saturated heterocycles. The third-order valence-corrected chi connectivity index (χ3v) is 12.8. The van der Waals surface area contributed by atoms with Gasteiger partial charge in [-0.2, -0.15) is 0 Å². The maximum atomic E-state index is 14.1. The third-order valence-electron chi connectivity index (χ3n) is 12.5. The van der Waals surface area contributed by atoms with E-state index in [1.807, 2.05) is 69.2 Å². The minimum atomic E-state index is -1.68. The fourth-order valence-electron chi connectivity index (χ4n) is 9.45. The van der Waals surface area contributed by atoms with E-state index in [2.05, 4.69) is 31.5 Å². The molecule has 0 aliphatic heterocycles. The van der Waals surface area contributed by atoms with E-state index in [1.165, 1.54) is 6.92 Å². The summed E-state index contributed by atoms with van der Waals surface area (Å²) in [4.78, 5) is 91.0. The lowest BCUT2D eigenvalue weighted by atomic mass is 9.59. The Morgan fingerprint density at radius 1 is 0.703 bits per heavy atom. The average molecular weight is 925 g/mol. The highest BCUT2D eigenvalue weighted by Gasteiger charge is 2.55. The van der Waals surface area contributed by atoms with Crippen molar-refractivity contribution in [3.05, 3.63) is 0 Å². The molecule has 5 amide bonds. The van der Waals surface area contributed by atoms with Crippen molar-refractivity contribution in [3.8, 4) is 0 Å². The summed E-state index contributed by atoms with van der Waals surface area (Å²) in [5.41, 5.74) is -5.88. The van der Waals surface area contributed by atoms with E-state index in [9.17, 15) is 43.8 Å². The van der Waals surface area contributed by atoms with E-state index in [0.29, 0.717) is 70.9 Å². The predicted molar refractivity (Wildman–Crippen MR) is 249 cm³/mol. The molecule has 0 aliphatic rings. The number of nitrogens with zero attached hydrogens (tertiary/aromatic N) is 1. The first kappa shape index (κ1) is 60.4. The summed E-state index contributed by atoms with van der Waals surface area (Å²) in [5, 5.41) is 31.8. The Hall–Kier alpha value is -3.57. The Morgan fingerprint density at radius 2 is 1.27 bits per heavy atom. The van der Waals surface area contributed by atoms with Crippen LogP contribution in [-0.4, -0.2) is 132 Å². The van der Waals surface area contributed by atoms with Gasteiger partial charge in [-0.25, -0.2) is 4.79 Å². The summed E-state index contributed by atoms with van der Waals surface area (Å²) < 4.78 is 11.5. The Kier molecular flexibility index (Phi) is 25.6. The maximum absolute atomic E-state index is 14.1. The SMILES string of the molecule is CCCC(=O)NCCN(CCNC(C)=O)C(=O)C(C)(C)CCOCCOCCNC(=O)C(C)(C)CC(C)(C)CC(C)(C)C(CC[Si])(NC(=O)C(C)(C)C(CC)C(C)CC(=O)O)C(=O)O. The molecular formula is C47H86N5O11Si. The number of rotatable bonds is 34. The van der Waals surface area contributed by atoms with Crippen LogP contribution < -0.4 is 21.3 Å². The minimum Gasteiger partial charge on any atom is -0.481 e. The zero-order chi connectivity index (χ0) is 49.7. The molecule has 0 aromatic carbocycles. The van der Waals surface area contributed by atoms with Crippen molar-refractivity contribution < 1.29 is 53.2 Å². The summed E-state index contributed by atoms with van der Waals surface area (Å²) >= 11 is 0. The van der Waals surface area contributed by atoms with Crippen molar-refractivity contribution in [1.29, 1.82) is 0 Å². The standard InChI is InChI=1S/C47H86N5O11Si/c1-15-17-36(54)49-21-24-52(23-20-48-34(4)53)40(59)43(7,8)18-25-62-27-28-63-26-22-50-38(57)44(9,10)31-42(5,6)32-45(11,12)47(19-29-64,41(60)61)51-39(58)46(13,14)35(16-2)33(3)30-37(55)56/h33,35H,15-32H2,1-14H3,(H,48,53)(H,49,54)(H,50,57)(H,51,58)(H,55,56)(H,60,61). The van der Waals surface area contributed by atoms with Crippen molar-refractivity contribution >= 4 is 51.7 Å². The van der Waals surface area contributed by atoms with E-state index < -0.39 is 50.5 Å². The summed E-state index contributed by atoms with van der Waals surface area (Å²) in [6, 6.07) is 0.301. The van der Waals surface area contributed by atoms with Gasteiger partial charge in [-0.1, -0.05) is 102 Å². The molecule has 0 aromatic heterocycles. The minimum absolute atomic E-state index is 0.0681. The molecule has 17 heteroatoms. The van der Waals surface area contributed by atoms with Gasteiger partial charge in [0.2, 0.25) is 29.5 Å². The van der Waals surface area contributed by atoms with Gasteiger partial charge in [0.25, 0.3) is 0 Å². The molecule has 0 heterocycles. The van der Waals surface area contributed by atoms with Crippen LogP contribution in [0.3, 0.4) is 0 Å². The number of carboxylic acid groups (broad SMARTS) is 2. The molecule has 0 aliphatic carbocycles. The molecule has 0 spiro atoms. The second-order valence-corrected chi connectivity index (χ2v) is 21.3. The number of hydrogen-bond donors (Lipinski definition) is 6. The quantitative estimate of drug-likeness (QED) is 0.0355. The zero-order valence-electron chi connectivity index (χ0n) is 41.9. The molecule has 0 rings (SSSR count). The highest BCUT2D eigenvalue weighted by Crippen LogP contribution is 2.49. The first-order chi connectivity index (χ1) is 29.4. The van der Waals surface area contributed by atoms with Crippen LogP contribution in [0.1, 0.15) is 148 Å². The van der Waals surface area contributed by atoms with Gasteiger partial charge in [0, 0.05) is 85.6 Å². The number of carboxylic acids is 2. The van der Waals surface area contributed by atoms with Gasteiger partial charge < -0.3 is 45.9 Å². The molecule has 64 heavy (non-hydrogen) atoms. The Balaban J connectivity index is 5.35.